The van der Waals surface area contributed by atoms with E-state index in [2.05, 4.69) is 0 Å². The zero-order valence-corrected chi connectivity index (χ0v) is 7.82. The van der Waals surface area contributed by atoms with Crippen LogP contribution in [0, 0.1) is 5.41 Å². The summed E-state index contributed by atoms with van der Waals surface area (Å²) in [5.41, 5.74) is -0.303. The van der Waals surface area contributed by atoms with Crippen molar-refractivity contribution in [3.8, 4) is 0 Å². The summed E-state index contributed by atoms with van der Waals surface area (Å²) in [4.78, 5) is 21.0. The summed E-state index contributed by atoms with van der Waals surface area (Å²) in [6.07, 6.45) is 0.973. The third-order valence-corrected chi connectivity index (χ3v) is 2.09. The Morgan fingerprint density at radius 1 is 1.43 bits per heavy atom. The Kier molecular flexibility index (Phi) is 2.90. The van der Waals surface area contributed by atoms with E-state index in [-0.39, 0.29) is 17.4 Å². The normalized spacial score (nSPS) is 19.9. The Labute approximate surface area is 81.0 Å². The van der Waals surface area contributed by atoms with Gasteiger partial charge in [-0.1, -0.05) is 6.92 Å². The number of ether oxygens (including phenoxy) is 1. The van der Waals surface area contributed by atoms with Crippen molar-refractivity contribution in [3.63, 3.8) is 0 Å². The van der Waals surface area contributed by atoms with Gasteiger partial charge in [0, 0.05) is 17.1 Å². The molecule has 5 nitrogen and oxygen atoms in total. The minimum Gasteiger partial charge on any atom is -0.478 e. The number of hydrogen-bond acceptors (Lipinski definition) is 3. The molecule has 1 aliphatic rings. The highest BCUT2D eigenvalue weighted by atomic mass is 16.5. The van der Waals surface area contributed by atoms with Gasteiger partial charge in [-0.15, -0.1) is 0 Å². The Balaban J connectivity index is 2.69. The Bertz CT molecular complexity index is 288. The summed E-state index contributed by atoms with van der Waals surface area (Å²) >= 11 is 0. The molecule has 0 spiro atoms. The first-order valence-corrected chi connectivity index (χ1v) is 4.17. The van der Waals surface area contributed by atoms with Crippen LogP contribution in [0.5, 0.6) is 0 Å². The second-order valence-electron chi connectivity index (χ2n) is 3.79. The van der Waals surface area contributed by atoms with Crippen LogP contribution < -0.4 is 0 Å². The van der Waals surface area contributed by atoms with Crippen molar-refractivity contribution in [2.45, 2.75) is 13.3 Å². The number of hydrogen-bond donors (Lipinski definition) is 2. The maximum atomic E-state index is 10.7. The minimum atomic E-state index is -1.23. The average molecular weight is 200 g/mol. The van der Waals surface area contributed by atoms with Crippen LogP contribution in [-0.2, 0) is 14.3 Å². The molecule has 0 unspecified atom stereocenters. The van der Waals surface area contributed by atoms with Crippen molar-refractivity contribution in [3.05, 3.63) is 11.6 Å². The minimum absolute atomic E-state index is 0.0803. The second-order valence-corrected chi connectivity index (χ2v) is 3.79. The first kappa shape index (κ1) is 10.7. The fraction of sp³-hybridized carbons (Fsp3) is 0.556. The largest absolute Gasteiger partial charge is 0.478 e. The quantitative estimate of drug-likeness (QED) is 0.646. The maximum Gasteiger partial charge on any atom is 0.331 e. The molecule has 0 aromatic carbocycles. The SMILES string of the molecule is CC1(C/C(=C\C(=O)O)C(=O)O)COC1. The van der Waals surface area contributed by atoms with E-state index in [1.54, 1.807) is 0 Å². The zero-order chi connectivity index (χ0) is 10.8. The summed E-state index contributed by atoms with van der Waals surface area (Å²) < 4.78 is 4.96. The summed E-state index contributed by atoms with van der Waals surface area (Å²) in [5.74, 6) is -2.41. The summed E-state index contributed by atoms with van der Waals surface area (Å²) in [7, 11) is 0. The zero-order valence-electron chi connectivity index (χ0n) is 7.82. The molecule has 1 rings (SSSR count). The highest BCUT2D eigenvalue weighted by Gasteiger charge is 2.35. The van der Waals surface area contributed by atoms with Crippen molar-refractivity contribution in [2.24, 2.45) is 5.41 Å². The average Bonchev–Trinajstić information content (AvgIpc) is 1.99. The molecule has 0 aliphatic carbocycles. The standard InChI is InChI=1S/C9H12O5/c1-9(4-14-5-9)3-6(8(12)13)2-7(10)11/h2H,3-5H2,1H3,(H,10,11)(H,12,13)/b6-2+. The van der Waals surface area contributed by atoms with Gasteiger partial charge in [-0.2, -0.15) is 0 Å². The lowest BCUT2D eigenvalue weighted by atomic mass is 9.81. The molecule has 14 heavy (non-hydrogen) atoms. The van der Waals surface area contributed by atoms with Crippen molar-refractivity contribution in [1.29, 1.82) is 0 Å². The third-order valence-electron chi connectivity index (χ3n) is 2.09. The molecule has 1 saturated heterocycles. The summed E-state index contributed by atoms with van der Waals surface area (Å²) in [6, 6.07) is 0. The lowest BCUT2D eigenvalue weighted by Gasteiger charge is -2.38. The van der Waals surface area contributed by atoms with E-state index in [9.17, 15) is 9.59 Å². The Morgan fingerprint density at radius 2 is 2.00 bits per heavy atom. The van der Waals surface area contributed by atoms with E-state index in [0.717, 1.165) is 6.08 Å². The molecule has 78 valence electrons. The summed E-state index contributed by atoms with van der Waals surface area (Å²) in [6.45, 7) is 2.84. The van der Waals surface area contributed by atoms with Crippen LogP contribution in [-0.4, -0.2) is 35.4 Å². The third kappa shape index (κ3) is 2.56. The fourth-order valence-electron chi connectivity index (χ4n) is 1.35. The van der Waals surface area contributed by atoms with Crippen molar-refractivity contribution >= 4 is 11.9 Å². The van der Waals surface area contributed by atoms with Gasteiger partial charge in [0.2, 0.25) is 0 Å². The highest BCUT2D eigenvalue weighted by Crippen LogP contribution is 2.33. The van der Waals surface area contributed by atoms with Crippen LogP contribution >= 0.6 is 0 Å². The Morgan fingerprint density at radius 3 is 2.29 bits per heavy atom. The predicted molar refractivity (Wildman–Crippen MR) is 46.9 cm³/mol. The molecule has 0 saturated carbocycles. The van der Waals surface area contributed by atoms with Crippen LogP contribution in [0.25, 0.3) is 0 Å². The predicted octanol–water partition coefficient (Wildman–Crippen LogP) is 0.509. The van der Waals surface area contributed by atoms with Gasteiger partial charge in [0.05, 0.1) is 13.2 Å². The highest BCUT2D eigenvalue weighted by molar-refractivity contribution is 5.94. The van der Waals surface area contributed by atoms with E-state index in [4.69, 9.17) is 14.9 Å². The monoisotopic (exact) mass is 200 g/mol. The van der Waals surface area contributed by atoms with Gasteiger partial charge in [0.15, 0.2) is 0 Å². The van der Waals surface area contributed by atoms with Crippen molar-refractivity contribution in [2.75, 3.05) is 13.2 Å². The molecule has 1 fully saturated rings. The molecule has 0 amide bonds. The molecule has 2 N–H and O–H groups in total. The number of carboxylic acids is 2. The van der Waals surface area contributed by atoms with Crippen molar-refractivity contribution < 1.29 is 24.5 Å². The first-order valence-electron chi connectivity index (χ1n) is 4.17. The molecule has 1 heterocycles. The summed E-state index contributed by atoms with van der Waals surface area (Å²) in [5, 5.41) is 17.2. The van der Waals surface area contributed by atoms with Crippen LogP contribution in [0.2, 0.25) is 0 Å². The van der Waals surface area contributed by atoms with Crippen LogP contribution in [0.3, 0.4) is 0 Å². The van der Waals surface area contributed by atoms with Crippen molar-refractivity contribution in [1.82, 2.24) is 0 Å². The lowest BCUT2D eigenvalue weighted by Crippen LogP contribution is -2.40. The van der Waals surface area contributed by atoms with E-state index in [1.807, 2.05) is 6.92 Å². The number of carboxylic acid groups (broad SMARTS) is 2. The molecule has 1 aliphatic heterocycles. The van der Waals surface area contributed by atoms with Gasteiger partial charge in [-0.25, -0.2) is 9.59 Å². The molecule has 0 aromatic rings. The Hall–Kier alpha value is -1.36. The van der Waals surface area contributed by atoms with Crippen LogP contribution in [0.15, 0.2) is 11.6 Å². The molecule has 0 aromatic heterocycles. The fourth-order valence-corrected chi connectivity index (χ4v) is 1.35. The van der Waals surface area contributed by atoms with Gasteiger partial charge in [-0.3, -0.25) is 0 Å². The first-order chi connectivity index (χ1) is 6.43. The van der Waals surface area contributed by atoms with Crippen LogP contribution in [0.4, 0.5) is 0 Å². The number of aliphatic carboxylic acids is 2. The topological polar surface area (TPSA) is 83.8 Å². The van der Waals surface area contributed by atoms with Gasteiger partial charge >= 0.3 is 11.9 Å². The van der Waals surface area contributed by atoms with Crippen LogP contribution in [0.1, 0.15) is 13.3 Å². The smallest absolute Gasteiger partial charge is 0.331 e. The van der Waals surface area contributed by atoms with Gasteiger partial charge in [-0.05, 0) is 6.42 Å². The lowest BCUT2D eigenvalue weighted by molar-refractivity contribution is -0.137. The molecule has 0 atom stereocenters. The number of rotatable bonds is 4. The second kappa shape index (κ2) is 3.79. The molecule has 0 bridgehead atoms. The van der Waals surface area contributed by atoms with E-state index < -0.39 is 11.9 Å². The molecule has 0 radical (unpaired) electrons. The molecular formula is C9H12O5. The molecule has 5 heteroatoms. The van der Waals surface area contributed by atoms with E-state index >= 15 is 0 Å². The van der Waals surface area contributed by atoms with Gasteiger partial charge < -0.3 is 14.9 Å². The molecular weight excluding hydrogens is 188 g/mol. The van der Waals surface area contributed by atoms with E-state index in [1.165, 1.54) is 0 Å². The van der Waals surface area contributed by atoms with Gasteiger partial charge in [0.1, 0.15) is 0 Å². The van der Waals surface area contributed by atoms with E-state index in [0.29, 0.717) is 13.2 Å². The number of carbonyl (C=O) groups is 2. The van der Waals surface area contributed by atoms with Gasteiger partial charge in [0.25, 0.3) is 0 Å². The maximum absolute atomic E-state index is 10.7.